The number of carbonyl (C=O) groups is 1. The van der Waals surface area contributed by atoms with Gasteiger partial charge < -0.3 is 0 Å². The molecule has 0 saturated carbocycles. The zero-order valence-electron chi connectivity index (χ0n) is 16.6. The van der Waals surface area contributed by atoms with Crippen molar-refractivity contribution in [1.82, 2.24) is 14.1 Å². The van der Waals surface area contributed by atoms with Gasteiger partial charge in [0.2, 0.25) is 0 Å². The van der Waals surface area contributed by atoms with Crippen LogP contribution in [0.3, 0.4) is 0 Å². The Kier molecular flexibility index (Phi) is 4.86. The Bertz CT molecular complexity index is 1290. The lowest BCUT2D eigenvalue weighted by molar-refractivity contribution is 0.229. The molecule has 4 aromatic rings. The lowest BCUT2D eigenvalue weighted by atomic mass is 10.1. The minimum Gasteiger partial charge on any atom is -0.288 e. The predicted molar refractivity (Wildman–Crippen MR) is 116 cm³/mol. The Morgan fingerprint density at radius 2 is 1.61 bits per heavy atom. The number of nitrogens with zero attached hydrogens (tertiary/aromatic N) is 4. The Hall–Kier alpha value is -3.39. The fourth-order valence-electron chi connectivity index (χ4n) is 3.79. The topological polar surface area (TPSA) is 41.4 Å². The summed E-state index contributed by atoms with van der Waals surface area (Å²) in [5, 5.41) is 5.54. The molecule has 31 heavy (non-hydrogen) atoms. The molecule has 5 rings (SSSR count). The van der Waals surface area contributed by atoms with Crippen molar-refractivity contribution in [2.45, 2.75) is 18.0 Å². The summed E-state index contributed by atoms with van der Waals surface area (Å²) in [4.78, 5) is 15.7. The number of anilines is 1. The minimum atomic E-state index is -0.675. The lowest BCUT2D eigenvalue weighted by Crippen LogP contribution is -2.42. The number of aryl methyl sites for hydroxylation is 1. The molecule has 0 saturated heterocycles. The second-order valence-electron chi connectivity index (χ2n) is 7.25. The summed E-state index contributed by atoms with van der Waals surface area (Å²) in [5.41, 5.74) is 2.22. The molecule has 5 nitrogen and oxygen atoms in total. The first kappa shape index (κ1) is 19.6. The van der Waals surface area contributed by atoms with Gasteiger partial charge in [-0.2, -0.15) is 5.10 Å². The molecule has 1 aliphatic heterocycles. The molecule has 2 amide bonds. The van der Waals surface area contributed by atoms with Crippen molar-refractivity contribution in [3.8, 4) is 0 Å². The van der Waals surface area contributed by atoms with Gasteiger partial charge in [-0.25, -0.2) is 13.6 Å². The molecule has 1 aliphatic rings. The van der Waals surface area contributed by atoms with Crippen molar-refractivity contribution >= 4 is 34.6 Å². The van der Waals surface area contributed by atoms with E-state index in [1.807, 2.05) is 43.4 Å². The first-order valence-electron chi connectivity index (χ1n) is 9.72. The summed E-state index contributed by atoms with van der Waals surface area (Å²) >= 11 is 1.31. The third-order valence-electron chi connectivity index (χ3n) is 5.31. The van der Waals surface area contributed by atoms with Crippen LogP contribution in [0.4, 0.5) is 19.3 Å². The molecule has 0 N–H and O–H groups in total. The van der Waals surface area contributed by atoms with Crippen molar-refractivity contribution in [2.24, 2.45) is 7.05 Å². The van der Waals surface area contributed by atoms with Gasteiger partial charge in [-0.05, 0) is 42.3 Å². The molecule has 0 aliphatic carbocycles. The van der Waals surface area contributed by atoms with Gasteiger partial charge >= 0.3 is 6.03 Å². The van der Waals surface area contributed by atoms with Crippen molar-refractivity contribution in [3.05, 3.63) is 89.6 Å². The number of aromatic nitrogens is 2. The zero-order chi connectivity index (χ0) is 21.5. The number of halogens is 2. The fraction of sp³-hybridized carbons (Fsp3) is 0.130. The highest BCUT2D eigenvalue weighted by atomic mass is 32.2. The van der Waals surface area contributed by atoms with E-state index in [1.54, 1.807) is 21.1 Å². The number of hydrogen-bond acceptors (Lipinski definition) is 3. The number of hydrogen-bond donors (Lipinski definition) is 0. The van der Waals surface area contributed by atoms with Crippen molar-refractivity contribution in [2.75, 3.05) is 4.90 Å². The van der Waals surface area contributed by atoms with Crippen molar-refractivity contribution < 1.29 is 13.6 Å². The van der Waals surface area contributed by atoms with Gasteiger partial charge in [0.05, 0.1) is 34.9 Å². The summed E-state index contributed by atoms with van der Waals surface area (Å²) in [7, 11) is 1.86. The number of urea groups is 1. The van der Waals surface area contributed by atoms with E-state index in [9.17, 15) is 13.6 Å². The van der Waals surface area contributed by atoms with E-state index in [0.29, 0.717) is 5.69 Å². The quantitative estimate of drug-likeness (QED) is 0.397. The van der Waals surface area contributed by atoms with Gasteiger partial charge in [0.25, 0.3) is 0 Å². The van der Waals surface area contributed by atoms with Crippen LogP contribution < -0.4 is 4.90 Å². The summed E-state index contributed by atoms with van der Waals surface area (Å²) < 4.78 is 32.0. The predicted octanol–water partition coefficient (Wildman–Crippen LogP) is 5.50. The molecule has 0 radical (unpaired) electrons. The van der Waals surface area contributed by atoms with Crippen LogP contribution in [-0.4, -0.2) is 20.1 Å². The minimum absolute atomic E-state index is 0.138. The molecule has 0 fully saturated rings. The van der Waals surface area contributed by atoms with Crippen LogP contribution in [0.2, 0.25) is 0 Å². The van der Waals surface area contributed by atoms with E-state index in [4.69, 9.17) is 0 Å². The number of carbonyl (C=O) groups excluding carboxylic acids is 1. The van der Waals surface area contributed by atoms with Gasteiger partial charge in [0.15, 0.2) is 0 Å². The first-order chi connectivity index (χ1) is 15.0. The molecule has 156 valence electrons. The lowest BCUT2D eigenvalue weighted by Gasteiger charge is -2.35. The maximum Gasteiger partial charge on any atom is 0.335 e. The third-order valence-corrected chi connectivity index (χ3v) is 6.36. The molecule has 8 heteroatoms. The number of amides is 2. The number of fused-ring (bicyclic) bond motifs is 2. The summed E-state index contributed by atoms with van der Waals surface area (Å²) in [6.45, 7) is 0.0593. The van der Waals surface area contributed by atoms with Crippen LogP contribution in [0, 0.1) is 11.6 Å². The summed E-state index contributed by atoms with van der Waals surface area (Å²) in [5.74, 6) is -1.35. The number of rotatable bonds is 4. The van der Waals surface area contributed by atoms with E-state index < -0.39 is 11.6 Å². The SMILES string of the molecule is Cn1nc(CN2Sc3ccccc3N(Cc3c(F)cccc3F)C2=O)c2ccccc21. The van der Waals surface area contributed by atoms with E-state index in [0.717, 1.165) is 21.5 Å². The summed E-state index contributed by atoms with van der Waals surface area (Å²) in [6, 6.07) is 18.5. The molecular formula is C23H18F2N4OS. The molecule has 0 bridgehead atoms. The maximum absolute atomic E-state index is 14.3. The van der Waals surface area contributed by atoms with Crippen LogP contribution in [0.1, 0.15) is 11.3 Å². The standard InChI is InChI=1S/C23H18F2N4OS/c1-27-20-10-3-2-7-15(20)19(26-27)14-29-23(30)28(21-11-4-5-12-22(21)31-29)13-16-17(24)8-6-9-18(16)25/h2-12H,13-14H2,1H3. The molecule has 3 aromatic carbocycles. The molecule has 1 aromatic heterocycles. The smallest absolute Gasteiger partial charge is 0.288 e. The van der Waals surface area contributed by atoms with E-state index in [1.165, 1.54) is 35.0 Å². The van der Waals surface area contributed by atoms with Crippen LogP contribution in [0.15, 0.2) is 71.6 Å². The Morgan fingerprint density at radius 1 is 0.903 bits per heavy atom. The first-order valence-corrected chi connectivity index (χ1v) is 10.5. The van der Waals surface area contributed by atoms with E-state index in [2.05, 4.69) is 5.10 Å². The second kappa shape index (κ2) is 7.70. The molecular weight excluding hydrogens is 418 g/mol. The van der Waals surface area contributed by atoms with Gasteiger partial charge in [0, 0.05) is 18.0 Å². The van der Waals surface area contributed by atoms with Crippen molar-refractivity contribution in [1.29, 1.82) is 0 Å². The normalized spacial score (nSPS) is 13.7. The van der Waals surface area contributed by atoms with E-state index in [-0.39, 0.29) is 24.7 Å². The highest BCUT2D eigenvalue weighted by Crippen LogP contribution is 2.40. The highest BCUT2D eigenvalue weighted by molar-refractivity contribution is 7.97. The van der Waals surface area contributed by atoms with Crippen LogP contribution >= 0.6 is 11.9 Å². The monoisotopic (exact) mass is 436 g/mol. The average molecular weight is 436 g/mol. The number of para-hydroxylation sites is 2. The van der Waals surface area contributed by atoms with Gasteiger partial charge in [-0.15, -0.1) is 0 Å². The van der Waals surface area contributed by atoms with Gasteiger partial charge in [0.1, 0.15) is 11.6 Å². The van der Waals surface area contributed by atoms with Gasteiger partial charge in [-0.3, -0.25) is 13.9 Å². The van der Waals surface area contributed by atoms with Crippen molar-refractivity contribution in [3.63, 3.8) is 0 Å². The Labute approximate surface area is 182 Å². The average Bonchev–Trinajstić information content (AvgIpc) is 3.08. The molecule has 0 unspecified atom stereocenters. The second-order valence-corrected chi connectivity index (χ2v) is 8.32. The van der Waals surface area contributed by atoms with E-state index >= 15 is 0 Å². The maximum atomic E-state index is 14.3. The molecule has 2 heterocycles. The van der Waals surface area contributed by atoms with Gasteiger partial charge in [-0.1, -0.05) is 36.4 Å². The zero-order valence-corrected chi connectivity index (χ0v) is 17.4. The van der Waals surface area contributed by atoms with Crippen LogP contribution in [0.5, 0.6) is 0 Å². The van der Waals surface area contributed by atoms with Crippen LogP contribution in [-0.2, 0) is 20.1 Å². The fourth-order valence-corrected chi connectivity index (χ4v) is 4.80. The Morgan fingerprint density at radius 3 is 2.42 bits per heavy atom. The Balaban J connectivity index is 1.52. The summed E-state index contributed by atoms with van der Waals surface area (Å²) in [6.07, 6.45) is 0. The molecule has 0 spiro atoms. The highest BCUT2D eigenvalue weighted by Gasteiger charge is 2.33. The largest absolute Gasteiger partial charge is 0.335 e. The number of benzene rings is 3. The molecule has 0 atom stereocenters. The van der Waals surface area contributed by atoms with Crippen LogP contribution in [0.25, 0.3) is 10.9 Å². The third kappa shape index (κ3) is 3.42.